The second kappa shape index (κ2) is 7.13. The summed E-state index contributed by atoms with van der Waals surface area (Å²) in [7, 11) is 3.14. The Morgan fingerprint density at radius 1 is 1.33 bits per heavy atom. The van der Waals surface area contributed by atoms with Gasteiger partial charge in [0, 0.05) is 23.5 Å². The Labute approximate surface area is 133 Å². The van der Waals surface area contributed by atoms with Crippen LogP contribution in [0.15, 0.2) is 18.2 Å². The number of halogens is 1. The summed E-state index contributed by atoms with van der Waals surface area (Å²) in [6, 6.07) is 5.26. The number of benzene rings is 1. The van der Waals surface area contributed by atoms with E-state index in [1.54, 1.807) is 32.4 Å². The number of nitrogens with zero attached hydrogens (tertiary/aromatic N) is 1. The highest BCUT2D eigenvalue weighted by Gasteiger charge is 2.30. The Morgan fingerprint density at radius 2 is 1.95 bits per heavy atom. The molecule has 21 heavy (non-hydrogen) atoms. The highest BCUT2D eigenvalue weighted by Crippen LogP contribution is 2.25. The summed E-state index contributed by atoms with van der Waals surface area (Å²) in [5, 5.41) is 0.713. The van der Waals surface area contributed by atoms with Gasteiger partial charge >= 0.3 is 0 Å². The van der Waals surface area contributed by atoms with E-state index in [2.05, 4.69) is 15.9 Å². The summed E-state index contributed by atoms with van der Waals surface area (Å²) in [5.41, 5.74) is 0.563. The molecular weight excluding hydrogens is 338 g/mol. The van der Waals surface area contributed by atoms with Crippen LogP contribution in [0.25, 0.3) is 0 Å². The first-order chi connectivity index (χ1) is 10.1. The second-order valence-electron chi connectivity index (χ2n) is 5.02. The van der Waals surface area contributed by atoms with Crippen molar-refractivity contribution in [3.05, 3.63) is 23.8 Å². The third-order valence-electron chi connectivity index (χ3n) is 3.54. The maximum absolute atomic E-state index is 12.8. The molecule has 0 aliphatic carbocycles. The molecular formula is C15H20BrNO4. The van der Waals surface area contributed by atoms with Gasteiger partial charge in [0.05, 0.1) is 33.0 Å². The molecule has 2 unspecified atom stereocenters. The minimum absolute atomic E-state index is 0.0256. The third kappa shape index (κ3) is 3.68. The number of methoxy groups -OCH3 is 2. The lowest BCUT2D eigenvalue weighted by molar-refractivity contribution is -0.0361. The lowest BCUT2D eigenvalue weighted by Gasteiger charge is -2.37. The molecule has 1 aromatic rings. The van der Waals surface area contributed by atoms with Crippen LogP contribution in [-0.2, 0) is 4.74 Å². The minimum Gasteiger partial charge on any atom is -0.497 e. The number of rotatable bonds is 4. The molecule has 2 rings (SSSR count). The molecule has 0 bridgehead atoms. The van der Waals surface area contributed by atoms with E-state index in [9.17, 15) is 4.79 Å². The first kappa shape index (κ1) is 16.1. The first-order valence-electron chi connectivity index (χ1n) is 6.80. The molecule has 0 aromatic heterocycles. The van der Waals surface area contributed by atoms with Crippen LogP contribution in [-0.4, -0.2) is 55.7 Å². The van der Waals surface area contributed by atoms with Gasteiger partial charge in [0.15, 0.2) is 0 Å². The number of carbonyl (C=O) groups excluding carboxylic acids is 1. The zero-order valence-electron chi connectivity index (χ0n) is 12.5. The van der Waals surface area contributed by atoms with Gasteiger partial charge in [-0.1, -0.05) is 15.9 Å². The normalized spacial score (nSPS) is 22.0. The van der Waals surface area contributed by atoms with Crippen LogP contribution in [0, 0.1) is 0 Å². The maximum Gasteiger partial charge on any atom is 0.254 e. The van der Waals surface area contributed by atoms with Gasteiger partial charge in [-0.2, -0.15) is 0 Å². The molecule has 116 valence electrons. The van der Waals surface area contributed by atoms with E-state index in [1.165, 1.54) is 0 Å². The third-order valence-corrected chi connectivity index (χ3v) is 4.26. The van der Waals surface area contributed by atoms with E-state index >= 15 is 0 Å². The molecule has 0 N–H and O–H groups in total. The van der Waals surface area contributed by atoms with Crippen LogP contribution >= 0.6 is 15.9 Å². The lowest BCUT2D eigenvalue weighted by Crippen LogP contribution is -2.51. The molecule has 0 spiro atoms. The smallest absolute Gasteiger partial charge is 0.254 e. The molecule has 1 aliphatic heterocycles. The molecule has 5 nitrogen and oxygen atoms in total. The van der Waals surface area contributed by atoms with E-state index in [0.29, 0.717) is 35.5 Å². The van der Waals surface area contributed by atoms with E-state index in [-0.39, 0.29) is 18.1 Å². The number of carbonyl (C=O) groups is 1. The van der Waals surface area contributed by atoms with Crippen LogP contribution in [0.3, 0.4) is 0 Å². The molecule has 1 amide bonds. The van der Waals surface area contributed by atoms with Crippen molar-refractivity contribution in [3.8, 4) is 11.5 Å². The number of ether oxygens (including phenoxy) is 3. The van der Waals surface area contributed by atoms with Crippen molar-refractivity contribution in [3.63, 3.8) is 0 Å². The van der Waals surface area contributed by atoms with Gasteiger partial charge in [-0.05, 0) is 19.1 Å². The monoisotopic (exact) mass is 357 g/mol. The topological polar surface area (TPSA) is 48.0 Å². The molecule has 0 saturated carbocycles. The molecule has 1 fully saturated rings. The van der Waals surface area contributed by atoms with E-state index in [1.807, 2.05) is 11.8 Å². The lowest BCUT2D eigenvalue weighted by atomic mass is 10.1. The largest absolute Gasteiger partial charge is 0.497 e. The Balaban J connectivity index is 2.25. The van der Waals surface area contributed by atoms with Crippen molar-refractivity contribution in [2.75, 3.05) is 32.7 Å². The minimum atomic E-state index is -0.0334. The molecule has 2 atom stereocenters. The van der Waals surface area contributed by atoms with Gasteiger partial charge in [-0.15, -0.1) is 0 Å². The van der Waals surface area contributed by atoms with Crippen LogP contribution < -0.4 is 9.47 Å². The van der Waals surface area contributed by atoms with Gasteiger partial charge in [-0.3, -0.25) is 4.79 Å². The average molecular weight is 358 g/mol. The van der Waals surface area contributed by atoms with Gasteiger partial charge in [0.1, 0.15) is 11.5 Å². The second-order valence-corrected chi connectivity index (χ2v) is 5.67. The Morgan fingerprint density at radius 3 is 2.48 bits per heavy atom. The number of morpholine rings is 1. The number of alkyl halides is 1. The van der Waals surface area contributed by atoms with E-state index in [0.717, 1.165) is 0 Å². The molecule has 6 heteroatoms. The van der Waals surface area contributed by atoms with Crippen molar-refractivity contribution >= 4 is 21.8 Å². The Kier molecular flexibility index (Phi) is 5.47. The summed E-state index contributed by atoms with van der Waals surface area (Å²) in [6.07, 6.45) is 0.0256. The summed E-state index contributed by atoms with van der Waals surface area (Å²) < 4.78 is 16.1. The molecule has 1 saturated heterocycles. The van der Waals surface area contributed by atoms with Crippen LogP contribution in [0.4, 0.5) is 0 Å². The van der Waals surface area contributed by atoms with Gasteiger partial charge in [-0.25, -0.2) is 0 Å². The maximum atomic E-state index is 12.8. The fraction of sp³-hybridized carbons (Fsp3) is 0.533. The van der Waals surface area contributed by atoms with Gasteiger partial charge in [0.2, 0.25) is 0 Å². The number of hydrogen-bond donors (Lipinski definition) is 0. The zero-order valence-corrected chi connectivity index (χ0v) is 14.1. The van der Waals surface area contributed by atoms with Crippen LogP contribution in [0.5, 0.6) is 11.5 Å². The number of amides is 1. The van der Waals surface area contributed by atoms with Gasteiger partial charge in [0.25, 0.3) is 5.91 Å². The van der Waals surface area contributed by atoms with Crippen molar-refractivity contribution in [1.82, 2.24) is 4.90 Å². The van der Waals surface area contributed by atoms with E-state index in [4.69, 9.17) is 14.2 Å². The average Bonchev–Trinajstić information content (AvgIpc) is 2.54. The standard InChI is InChI=1S/C15H20BrNO4/c1-10-9-21-14(7-16)8-17(10)15(18)11-4-12(19-2)6-13(5-11)20-3/h4-6,10,14H,7-9H2,1-3H3. The van der Waals surface area contributed by atoms with Crippen molar-refractivity contribution in [2.24, 2.45) is 0 Å². The summed E-state index contributed by atoms with van der Waals surface area (Å²) in [6.45, 7) is 3.10. The highest BCUT2D eigenvalue weighted by molar-refractivity contribution is 9.09. The zero-order chi connectivity index (χ0) is 15.4. The summed E-state index contributed by atoms with van der Waals surface area (Å²) >= 11 is 3.41. The van der Waals surface area contributed by atoms with Crippen molar-refractivity contribution < 1.29 is 19.0 Å². The summed E-state index contributed by atoms with van der Waals surface area (Å²) in [4.78, 5) is 14.6. The predicted octanol–water partition coefficient (Wildman–Crippen LogP) is 2.33. The first-order valence-corrected chi connectivity index (χ1v) is 7.92. The Hall–Kier alpha value is -1.27. The SMILES string of the molecule is COc1cc(OC)cc(C(=O)N2CC(CBr)OCC2C)c1. The molecule has 1 heterocycles. The van der Waals surface area contributed by atoms with E-state index < -0.39 is 0 Å². The number of hydrogen-bond acceptors (Lipinski definition) is 4. The van der Waals surface area contributed by atoms with Gasteiger partial charge < -0.3 is 19.1 Å². The van der Waals surface area contributed by atoms with Crippen LogP contribution in [0.2, 0.25) is 0 Å². The molecule has 1 aromatic carbocycles. The molecule has 1 aliphatic rings. The highest BCUT2D eigenvalue weighted by atomic mass is 79.9. The predicted molar refractivity (Wildman–Crippen MR) is 83.6 cm³/mol. The molecule has 0 radical (unpaired) electrons. The van der Waals surface area contributed by atoms with Crippen LogP contribution in [0.1, 0.15) is 17.3 Å². The summed E-state index contributed by atoms with van der Waals surface area (Å²) in [5.74, 6) is 1.18. The quantitative estimate of drug-likeness (QED) is 0.776. The van der Waals surface area contributed by atoms with Crippen molar-refractivity contribution in [1.29, 1.82) is 0 Å². The Bertz CT molecular complexity index is 486. The fourth-order valence-electron chi connectivity index (χ4n) is 2.29. The fourth-order valence-corrected chi connectivity index (χ4v) is 2.68. The van der Waals surface area contributed by atoms with Crippen molar-refractivity contribution in [2.45, 2.75) is 19.1 Å².